The Hall–Kier alpha value is -2.67. The van der Waals surface area contributed by atoms with E-state index < -0.39 is 23.4 Å². The minimum absolute atomic E-state index is 0.131. The lowest BCUT2D eigenvalue weighted by Gasteiger charge is -2.42. The Morgan fingerprint density at radius 3 is 2.00 bits per heavy atom. The maximum Gasteiger partial charge on any atom is 0.309 e. The maximum absolute atomic E-state index is 14.8. The highest BCUT2D eigenvalue weighted by atomic mass is 19.2. The number of aliphatic hydroxyl groups is 1. The number of rotatable bonds is 7. The summed E-state index contributed by atoms with van der Waals surface area (Å²) in [5, 5.41) is 10.9. The molecule has 1 aliphatic rings. The minimum atomic E-state index is -1.81. The van der Waals surface area contributed by atoms with Crippen LogP contribution in [0.3, 0.4) is 0 Å². The zero-order valence-corrected chi connectivity index (χ0v) is 19.4. The molecule has 1 N–H and O–H groups in total. The monoisotopic (exact) mass is 470 g/mol. The van der Waals surface area contributed by atoms with Crippen molar-refractivity contribution in [3.05, 3.63) is 83.7 Å². The third-order valence-electron chi connectivity index (χ3n) is 6.40. The second kappa shape index (κ2) is 9.90. The van der Waals surface area contributed by atoms with Crippen LogP contribution in [-0.2, 0) is 15.4 Å². The van der Waals surface area contributed by atoms with Crippen LogP contribution in [0.25, 0.3) is 22.3 Å². The van der Waals surface area contributed by atoms with E-state index in [2.05, 4.69) is 13.8 Å². The lowest BCUT2D eigenvalue weighted by atomic mass is 9.85. The van der Waals surface area contributed by atoms with Crippen molar-refractivity contribution in [1.82, 2.24) is 0 Å². The average molecular weight is 471 g/mol. The van der Waals surface area contributed by atoms with Crippen LogP contribution >= 0.6 is 0 Å². The first-order valence-electron chi connectivity index (χ1n) is 11.6. The number of benzene rings is 3. The molecule has 0 spiro atoms. The molecule has 0 aliphatic carbocycles. The molecule has 0 atom stereocenters. The highest BCUT2D eigenvalue weighted by molar-refractivity contribution is 5.71. The molecule has 6 heteroatoms. The summed E-state index contributed by atoms with van der Waals surface area (Å²) >= 11 is 0. The van der Waals surface area contributed by atoms with Crippen molar-refractivity contribution < 1.29 is 27.8 Å². The van der Waals surface area contributed by atoms with E-state index in [0.717, 1.165) is 43.4 Å². The molecule has 1 aliphatic heterocycles. The van der Waals surface area contributed by atoms with Crippen molar-refractivity contribution in [2.45, 2.75) is 45.5 Å². The highest BCUT2D eigenvalue weighted by Crippen LogP contribution is 2.38. The van der Waals surface area contributed by atoms with E-state index in [-0.39, 0.29) is 16.5 Å². The molecule has 1 saturated heterocycles. The minimum Gasteiger partial charge on any atom is -0.339 e. The van der Waals surface area contributed by atoms with E-state index in [1.807, 2.05) is 0 Å². The van der Waals surface area contributed by atoms with Crippen LogP contribution in [0.5, 0.6) is 0 Å². The molecule has 0 radical (unpaired) electrons. The average Bonchev–Trinajstić information content (AvgIpc) is 2.83. The van der Waals surface area contributed by atoms with Crippen LogP contribution < -0.4 is 0 Å². The quantitative estimate of drug-likeness (QED) is 0.372. The molecule has 4 rings (SSSR count). The van der Waals surface area contributed by atoms with Gasteiger partial charge in [-0.1, -0.05) is 75.6 Å². The number of hydrogen-bond acceptors (Lipinski definition) is 3. The van der Waals surface area contributed by atoms with Gasteiger partial charge < -0.3 is 14.6 Å². The summed E-state index contributed by atoms with van der Waals surface area (Å²) in [7, 11) is 0. The predicted molar refractivity (Wildman–Crippen MR) is 125 cm³/mol. The Kier molecular flexibility index (Phi) is 7.12. The molecule has 0 unspecified atom stereocenters. The molecule has 1 fully saturated rings. The molecule has 0 aromatic heterocycles. The smallest absolute Gasteiger partial charge is 0.309 e. The highest BCUT2D eigenvalue weighted by Gasteiger charge is 2.42. The Balaban J connectivity index is 1.47. The second-order valence-corrected chi connectivity index (χ2v) is 9.33. The van der Waals surface area contributed by atoms with Crippen molar-refractivity contribution in [3.63, 3.8) is 0 Å². The fraction of sp³-hybridized carbons (Fsp3) is 0.357. The zero-order valence-electron chi connectivity index (χ0n) is 19.4. The predicted octanol–water partition coefficient (Wildman–Crippen LogP) is 7.17. The van der Waals surface area contributed by atoms with Crippen LogP contribution in [0.2, 0.25) is 0 Å². The summed E-state index contributed by atoms with van der Waals surface area (Å²) in [5.41, 5.74) is 2.10. The van der Waals surface area contributed by atoms with E-state index in [0.29, 0.717) is 24.3 Å². The summed E-state index contributed by atoms with van der Waals surface area (Å²) in [4.78, 5) is 0. The molecule has 0 saturated carbocycles. The van der Waals surface area contributed by atoms with Gasteiger partial charge in [-0.15, -0.1) is 0 Å². The van der Waals surface area contributed by atoms with Gasteiger partial charge in [-0.2, -0.15) is 0 Å². The normalized spacial score (nSPS) is 22.6. The molecule has 3 aromatic carbocycles. The van der Waals surface area contributed by atoms with Gasteiger partial charge in [-0.3, -0.25) is 0 Å². The molecule has 0 bridgehead atoms. The van der Waals surface area contributed by atoms with Gasteiger partial charge >= 0.3 is 5.97 Å². The summed E-state index contributed by atoms with van der Waals surface area (Å²) in [6, 6.07) is 14.8. The Morgan fingerprint density at radius 2 is 1.38 bits per heavy atom. The van der Waals surface area contributed by atoms with Gasteiger partial charge in [-0.25, -0.2) is 13.2 Å². The number of ether oxygens (including phenoxy) is 2. The number of halogens is 3. The molecular formula is C28H29F3O3. The van der Waals surface area contributed by atoms with Crippen molar-refractivity contribution >= 4 is 0 Å². The summed E-state index contributed by atoms with van der Waals surface area (Å²) < 4.78 is 53.0. The van der Waals surface area contributed by atoms with Crippen LogP contribution in [0.15, 0.2) is 60.7 Å². The van der Waals surface area contributed by atoms with Crippen molar-refractivity contribution in [1.29, 1.82) is 0 Å². The van der Waals surface area contributed by atoms with E-state index in [1.54, 1.807) is 30.3 Å². The van der Waals surface area contributed by atoms with Crippen LogP contribution in [-0.4, -0.2) is 18.3 Å². The molecule has 3 aromatic rings. The Bertz CT molecular complexity index is 1140. The molecule has 0 amide bonds. The number of unbranched alkanes of at least 4 members (excludes halogenated alkanes) is 2. The lowest BCUT2D eigenvalue weighted by Crippen LogP contribution is -2.46. The van der Waals surface area contributed by atoms with Crippen molar-refractivity contribution in [3.8, 4) is 22.3 Å². The van der Waals surface area contributed by atoms with Gasteiger partial charge in [0.15, 0.2) is 11.6 Å². The van der Waals surface area contributed by atoms with E-state index >= 15 is 0 Å². The van der Waals surface area contributed by atoms with Gasteiger partial charge in [0.05, 0.1) is 13.2 Å². The number of hydrogen-bond donors (Lipinski definition) is 1. The maximum atomic E-state index is 14.8. The largest absolute Gasteiger partial charge is 0.339 e. The summed E-state index contributed by atoms with van der Waals surface area (Å²) in [6.45, 7) is 5.05. The van der Waals surface area contributed by atoms with E-state index in [4.69, 9.17) is 9.47 Å². The molecule has 34 heavy (non-hydrogen) atoms. The van der Waals surface area contributed by atoms with Gasteiger partial charge in [0.25, 0.3) is 0 Å². The van der Waals surface area contributed by atoms with E-state index in [9.17, 15) is 18.3 Å². The fourth-order valence-electron chi connectivity index (χ4n) is 4.21. The first-order valence-corrected chi connectivity index (χ1v) is 11.6. The third-order valence-corrected chi connectivity index (χ3v) is 6.40. The van der Waals surface area contributed by atoms with Crippen molar-refractivity contribution in [2.24, 2.45) is 5.41 Å². The van der Waals surface area contributed by atoms with Crippen LogP contribution in [0.1, 0.15) is 45.1 Å². The molecule has 3 nitrogen and oxygen atoms in total. The van der Waals surface area contributed by atoms with Gasteiger partial charge in [-0.05, 0) is 41.3 Å². The van der Waals surface area contributed by atoms with E-state index in [1.165, 1.54) is 18.2 Å². The first-order chi connectivity index (χ1) is 16.2. The van der Waals surface area contributed by atoms with Gasteiger partial charge in [0, 0.05) is 16.5 Å². The second-order valence-electron chi connectivity index (χ2n) is 9.33. The van der Waals surface area contributed by atoms with Crippen LogP contribution in [0.4, 0.5) is 13.2 Å². The Labute approximate surface area is 198 Å². The first kappa shape index (κ1) is 24.5. The van der Waals surface area contributed by atoms with Gasteiger partial charge in [0.2, 0.25) is 0 Å². The third kappa shape index (κ3) is 5.19. The summed E-state index contributed by atoms with van der Waals surface area (Å²) in [5.74, 6) is -4.37. The van der Waals surface area contributed by atoms with Crippen molar-refractivity contribution in [2.75, 3.05) is 13.2 Å². The SMILES string of the molecule is CCCCCC1(C)COC(O)(c2ccc(-c3ccc(-c4ccc(F)c(F)c4)c(F)c3)cc2)OC1. The topological polar surface area (TPSA) is 38.7 Å². The molecular weight excluding hydrogens is 441 g/mol. The molecule has 180 valence electrons. The zero-order chi connectivity index (χ0) is 24.3. The lowest BCUT2D eigenvalue weighted by molar-refractivity contribution is -0.414. The fourth-order valence-corrected chi connectivity index (χ4v) is 4.21. The van der Waals surface area contributed by atoms with Gasteiger partial charge in [0.1, 0.15) is 5.82 Å². The molecule has 1 heterocycles. The van der Waals surface area contributed by atoms with Crippen LogP contribution in [0, 0.1) is 22.9 Å². The summed E-state index contributed by atoms with van der Waals surface area (Å²) in [6.07, 6.45) is 4.37. The Morgan fingerprint density at radius 1 is 0.765 bits per heavy atom. The standard InChI is InChI=1S/C28H29F3O3/c1-3-4-5-14-27(2)17-33-28(32,34-18-27)22-10-6-19(7-11-22)20-8-12-23(25(30)15-20)21-9-13-24(29)26(31)16-21/h6-13,15-16,32H,3-5,14,17-18H2,1-2H3.